The Morgan fingerprint density at radius 1 is 1.17 bits per heavy atom. The first-order valence-electron chi connectivity index (χ1n) is 5.65. The van der Waals surface area contributed by atoms with Crippen molar-refractivity contribution in [2.75, 3.05) is 11.9 Å². The predicted octanol–water partition coefficient (Wildman–Crippen LogP) is 3.85. The lowest BCUT2D eigenvalue weighted by Crippen LogP contribution is -2.17. The zero-order valence-corrected chi connectivity index (χ0v) is 10.9. The fraction of sp³-hybridized carbons (Fsp3) is 0.133. The van der Waals surface area contributed by atoms with Crippen LogP contribution < -0.4 is 4.90 Å². The summed E-state index contributed by atoms with van der Waals surface area (Å²) in [5, 5.41) is 9.81. The summed E-state index contributed by atoms with van der Waals surface area (Å²) in [6.45, 7) is 0.721. The third-order valence-electron chi connectivity index (χ3n) is 2.74. The maximum absolute atomic E-state index is 9.08. The van der Waals surface area contributed by atoms with Gasteiger partial charge in [0.25, 0.3) is 0 Å². The number of rotatable bonds is 3. The smallest absolute Gasteiger partial charge is 0.101 e. The number of anilines is 1. The highest BCUT2D eigenvalue weighted by Crippen LogP contribution is 2.21. The van der Waals surface area contributed by atoms with Crippen molar-refractivity contribution >= 4 is 17.3 Å². The molecule has 0 amide bonds. The van der Waals surface area contributed by atoms with Gasteiger partial charge in [0.1, 0.15) is 6.07 Å². The quantitative estimate of drug-likeness (QED) is 0.834. The highest BCUT2D eigenvalue weighted by atomic mass is 35.5. The van der Waals surface area contributed by atoms with Gasteiger partial charge in [-0.1, -0.05) is 35.9 Å². The number of benzene rings is 2. The number of nitrogens with zero attached hydrogens (tertiary/aromatic N) is 2. The molecule has 0 aliphatic rings. The molecule has 0 aliphatic heterocycles. The third kappa shape index (κ3) is 2.82. The molecule has 0 radical (unpaired) electrons. The van der Waals surface area contributed by atoms with Crippen molar-refractivity contribution in [3.05, 3.63) is 64.7 Å². The van der Waals surface area contributed by atoms with E-state index in [0.717, 1.165) is 22.8 Å². The van der Waals surface area contributed by atoms with Crippen molar-refractivity contribution < 1.29 is 0 Å². The van der Waals surface area contributed by atoms with Crippen molar-refractivity contribution in [3.8, 4) is 6.07 Å². The van der Waals surface area contributed by atoms with Crippen LogP contribution >= 0.6 is 11.6 Å². The average molecular weight is 257 g/mol. The molecule has 90 valence electrons. The van der Waals surface area contributed by atoms with Crippen LogP contribution in [0.5, 0.6) is 0 Å². The maximum atomic E-state index is 9.08. The van der Waals surface area contributed by atoms with Gasteiger partial charge in [0.05, 0.1) is 11.3 Å². The van der Waals surface area contributed by atoms with Crippen molar-refractivity contribution in [2.24, 2.45) is 0 Å². The molecule has 0 aliphatic carbocycles. The number of halogens is 1. The summed E-state index contributed by atoms with van der Waals surface area (Å²) in [5.41, 5.74) is 2.74. The van der Waals surface area contributed by atoms with Crippen molar-refractivity contribution in [1.82, 2.24) is 0 Å². The minimum absolute atomic E-state index is 0.682. The molecular weight excluding hydrogens is 244 g/mol. The first-order chi connectivity index (χ1) is 8.70. The lowest BCUT2D eigenvalue weighted by molar-refractivity contribution is 0.921. The molecule has 18 heavy (non-hydrogen) atoms. The summed E-state index contributed by atoms with van der Waals surface area (Å²) in [7, 11) is 1.97. The van der Waals surface area contributed by atoms with Gasteiger partial charge in [-0.3, -0.25) is 0 Å². The Hall–Kier alpha value is -1.98. The van der Waals surface area contributed by atoms with Gasteiger partial charge in [0.15, 0.2) is 0 Å². The summed E-state index contributed by atoms with van der Waals surface area (Å²) in [6.07, 6.45) is 0. The lowest BCUT2D eigenvalue weighted by Gasteiger charge is -2.20. The molecule has 0 saturated carbocycles. The van der Waals surface area contributed by atoms with E-state index in [1.54, 1.807) is 0 Å². The highest BCUT2D eigenvalue weighted by molar-refractivity contribution is 6.30. The van der Waals surface area contributed by atoms with E-state index in [4.69, 9.17) is 16.9 Å². The normalized spacial score (nSPS) is 9.83. The molecule has 0 saturated heterocycles. The monoisotopic (exact) mass is 256 g/mol. The van der Waals surface area contributed by atoms with E-state index in [-0.39, 0.29) is 0 Å². The molecule has 0 atom stereocenters. The molecule has 3 heteroatoms. The second-order valence-electron chi connectivity index (χ2n) is 4.11. The molecule has 0 fully saturated rings. The van der Waals surface area contributed by atoms with Crippen LogP contribution in [-0.4, -0.2) is 7.05 Å². The van der Waals surface area contributed by atoms with Gasteiger partial charge < -0.3 is 4.90 Å². The minimum atomic E-state index is 0.682. The number of para-hydroxylation sites is 1. The van der Waals surface area contributed by atoms with Gasteiger partial charge in [-0.15, -0.1) is 0 Å². The lowest BCUT2D eigenvalue weighted by atomic mass is 10.1. The predicted molar refractivity (Wildman–Crippen MR) is 74.7 cm³/mol. The van der Waals surface area contributed by atoms with E-state index >= 15 is 0 Å². The fourth-order valence-electron chi connectivity index (χ4n) is 1.90. The Labute approximate surface area is 112 Å². The summed E-state index contributed by atoms with van der Waals surface area (Å²) < 4.78 is 0. The van der Waals surface area contributed by atoms with Gasteiger partial charge in [0, 0.05) is 18.6 Å². The molecule has 2 nitrogen and oxygen atoms in total. The molecule has 0 aromatic heterocycles. The van der Waals surface area contributed by atoms with Crippen molar-refractivity contribution in [1.29, 1.82) is 5.26 Å². The molecule has 0 spiro atoms. The van der Waals surface area contributed by atoms with Crippen LogP contribution in [0.3, 0.4) is 0 Å². The van der Waals surface area contributed by atoms with Crippen LogP contribution in [0.15, 0.2) is 48.5 Å². The standard InChI is InChI=1S/C15H13ClN2/c1-18(11-12-5-4-7-14(16)9-12)15-8-3-2-6-13(15)10-17/h2-9H,11H2,1H3. The molecule has 2 aromatic carbocycles. The molecule has 0 bridgehead atoms. The Bertz CT molecular complexity index is 587. The summed E-state index contributed by atoms with van der Waals surface area (Å²) in [5.74, 6) is 0. The molecular formula is C15H13ClN2. The van der Waals surface area contributed by atoms with Gasteiger partial charge in [0.2, 0.25) is 0 Å². The number of hydrogen-bond acceptors (Lipinski definition) is 2. The molecule has 0 N–H and O–H groups in total. The highest BCUT2D eigenvalue weighted by Gasteiger charge is 2.07. The Morgan fingerprint density at radius 2 is 1.94 bits per heavy atom. The van der Waals surface area contributed by atoms with E-state index in [1.807, 2.05) is 60.5 Å². The van der Waals surface area contributed by atoms with E-state index in [2.05, 4.69) is 6.07 Å². The minimum Gasteiger partial charge on any atom is -0.369 e. The van der Waals surface area contributed by atoms with Gasteiger partial charge in [-0.2, -0.15) is 5.26 Å². The second-order valence-corrected chi connectivity index (χ2v) is 4.55. The van der Waals surface area contributed by atoms with Crippen LogP contribution in [0.4, 0.5) is 5.69 Å². The Morgan fingerprint density at radius 3 is 2.67 bits per heavy atom. The first kappa shape index (κ1) is 12.5. The van der Waals surface area contributed by atoms with Gasteiger partial charge >= 0.3 is 0 Å². The SMILES string of the molecule is CN(Cc1cccc(Cl)c1)c1ccccc1C#N. The zero-order chi connectivity index (χ0) is 13.0. The summed E-state index contributed by atoms with van der Waals surface area (Å²) in [4.78, 5) is 2.05. The Kier molecular flexibility index (Phi) is 3.86. The summed E-state index contributed by atoms with van der Waals surface area (Å²) >= 11 is 5.96. The maximum Gasteiger partial charge on any atom is 0.101 e. The Balaban J connectivity index is 2.22. The number of nitriles is 1. The molecule has 2 aromatic rings. The van der Waals surface area contributed by atoms with E-state index in [0.29, 0.717) is 5.56 Å². The number of hydrogen-bond donors (Lipinski definition) is 0. The molecule has 2 rings (SSSR count). The van der Waals surface area contributed by atoms with Crippen LogP contribution in [-0.2, 0) is 6.54 Å². The first-order valence-corrected chi connectivity index (χ1v) is 6.03. The van der Waals surface area contributed by atoms with Gasteiger partial charge in [-0.05, 0) is 29.8 Å². The topological polar surface area (TPSA) is 27.0 Å². The van der Waals surface area contributed by atoms with E-state index in [9.17, 15) is 0 Å². The zero-order valence-electron chi connectivity index (χ0n) is 10.1. The van der Waals surface area contributed by atoms with Crippen LogP contribution in [0.25, 0.3) is 0 Å². The fourth-order valence-corrected chi connectivity index (χ4v) is 2.11. The van der Waals surface area contributed by atoms with Crippen LogP contribution in [0.1, 0.15) is 11.1 Å². The molecule has 0 heterocycles. The van der Waals surface area contributed by atoms with E-state index < -0.39 is 0 Å². The van der Waals surface area contributed by atoms with E-state index in [1.165, 1.54) is 0 Å². The van der Waals surface area contributed by atoms with Crippen LogP contribution in [0, 0.1) is 11.3 Å². The summed E-state index contributed by atoms with van der Waals surface area (Å²) in [6, 6.07) is 17.5. The van der Waals surface area contributed by atoms with Gasteiger partial charge in [-0.25, -0.2) is 0 Å². The van der Waals surface area contributed by atoms with Crippen molar-refractivity contribution in [3.63, 3.8) is 0 Å². The average Bonchev–Trinajstić information content (AvgIpc) is 2.38. The third-order valence-corrected chi connectivity index (χ3v) is 2.98. The van der Waals surface area contributed by atoms with Crippen molar-refractivity contribution in [2.45, 2.75) is 6.54 Å². The molecule has 0 unspecified atom stereocenters. The van der Waals surface area contributed by atoms with Crippen LogP contribution in [0.2, 0.25) is 5.02 Å². The largest absolute Gasteiger partial charge is 0.369 e. The second kappa shape index (κ2) is 5.57.